The lowest BCUT2D eigenvalue weighted by Gasteiger charge is -2.22. The maximum Gasteiger partial charge on any atom is 0.215 e. The van der Waals surface area contributed by atoms with E-state index in [0.29, 0.717) is 24.0 Å². The van der Waals surface area contributed by atoms with E-state index < -0.39 is 0 Å². The summed E-state index contributed by atoms with van der Waals surface area (Å²) in [5.74, 6) is 0.808. The van der Waals surface area contributed by atoms with Crippen molar-refractivity contribution in [3.05, 3.63) is 12.1 Å². The van der Waals surface area contributed by atoms with Crippen molar-refractivity contribution in [1.29, 1.82) is 0 Å². The highest BCUT2D eigenvalue weighted by atomic mass is 16.5. The molecule has 5 nitrogen and oxygen atoms in total. The quantitative estimate of drug-likeness (QED) is 0.804. The third-order valence-electron chi connectivity index (χ3n) is 2.62. The van der Waals surface area contributed by atoms with E-state index in [1.165, 1.54) is 6.42 Å². The molecule has 1 fully saturated rings. The van der Waals surface area contributed by atoms with Crippen LogP contribution in [0.4, 0.5) is 11.5 Å². The van der Waals surface area contributed by atoms with Crippen LogP contribution in [0.5, 0.6) is 5.88 Å². The Bertz CT molecular complexity index is 351. The van der Waals surface area contributed by atoms with Gasteiger partial charge in [-0.1, -0.05) is 0 Å². The van der Waals surface area contributed by atoms with E-state index in [0.717, 1.165) is 19.4 Å². The second-order valence-corrected chi connectivity index (χ2v) is 3.92. The molecule has 1 atom stereocenters. The second kappa shape index (κ2) is 5.03. The first-order valence-corrected chi connectivity index (χ1v) is 5.52. The van der Waals surface area contributed by atoms with Gasteiger partial charge in [-0.2, -0.15) is 4.98 Å². The van der Waals surface area contributed by atoms with Gasteiger partial charge in [0.25, 0.3) is 0 Å². The molecule has 2 heterocycles. The monoisotopic (exact) mass is 223 g/mol. The van der Waals surface area contributed by atoms with Gasteiger partial charge in [-0.05, 0) is 25.3 Å². The Labute approximate surface area is 94.7 Å². The Kier molecular flexibility index (Phi) is 3.46. The Hall–Kier alpha value is -1.49. The fourth-order valence-electron chi connectivity index (χ4n) is 1.66. The van der Waals surface area contributed by atoms with Gasteiger partial charge in [-0.15, -0.1) is 0 Å². The van der Waals surface area contributed by atoms with Crippen molar-refractivity contribution in [2.24, 2.45) is 0 Å². The minimum Gasteiger partial charge on any atom is -0.475 e. The number of nitrogens with two attached hydrogens (primary N) is 2. The molecule has 0 aliphatic carbocycles. The molecule has 0 saturated carbocycles. The van der Waals surface area contributed by atoms with Crippen LogP contribution in [0.15, 0.2) is 12.1 Å². The highest BCUT2D eigenvalue weighted by Crippen LogP contribution is 2.18. The predicted octanol–water partition coefficient (Wildman–Crippen LogP) is 1.19. The maximum atomic E-state index is 5.58. The topological polar surface area (TPSA) is 83.4 Å². The fraction of sp³-hybridized carbons (Fsp3) is 0.545. The van der Waals surface area contributed by atoms with E-state index in [9.17, 15) is 0 Å². The molecule has 1 aromatic rings. The highest BCUT2D eigenvalue weighted by Gasteiger charge is 2.14. The van der Waals surface area contributed by atoms with Crippen LogP contribution in [-0.2, 0) is 4.74 Å². The molecule has 5 heteroatoms. The lowest BCUT2D eigenvalue weighted by atomic mass is 10.1. The van der Waals surface area contributed by atoms with Crippen molar-refractivity contribution in [2.45, 2.75) is 25.4 Å². The summed E-state index contributed by atoms with van der Waals surface area (Å²) in [4.78, 5) is 4.03. The Morgan fingerprint density at radius 2 is 2.25 bits per heavy atom. The smallest absolute Gasteiger partial charge is 0.215 e. The van der Waals surface area contributed by atoms with Crippen LogP contribution in [0.1, 0.15) is 19.3 Å². The van der Waals surface area contributed by atoms with Gasteiger partial charge in [0.15, 0.2) is 5.82 Å². The molecule has 0 bridgehead atoms. The van der Waals surface area contributed by atoms with Crippen LogP contribution in [0, 0.1) is 0 Å². The molecular formula is C11H17N3O2. The average Bonchev–Trinajstić information content (AvgIpc) is 2.32. The standard InChI is InChI=1S/C11H17N3O2/c12-9-4-5-10(14-11(9)13)16-7-8-3-1-2-6-15-8/h4-5,8H,1-3,6-7,12H2,(H2,13,14). The van der Waals surface area contributed by atoms with Gasteiger partial charge in [0.1, 0.15) is 6.61 Å². The van der Waals surface area contributed by atoms with Gasteiger partial charge in [-0.25, -0.2) is 0 Å². The molecule has 0 amide bonds. The zero-order valence-electron chi connectivity index (χ0n) is 9.19. The normalized spacial score (nSPS) is 20.6. The molecule has 2 rings (SSSR count). The molecule has 1 aromatic heterocycles. The van der Waals surface area contributed by atoms with Crippen LogP contribution in [0.25, 0.3) is 0 Å². The van der Waals surface area contributed by atoms with Crippen LogP contribution in [0.3, 0.4) is 0 Å². The summed E-state index contributed by atoms with van der Waals surface area (Å²) in [6.45, 7) is 1.35. The van der Waals surface area contributed by atoms with E-state index in [1.807, 2.05) is 0 Å². The minimum absolute atomic E-state index is 0.175. The fourth-order valence-corrected chi connectivity index (χ4v) is 1.66. The number of hydrogen-bond donors (Lipinski definition) is 2. The minimum atomic E-state index is 0.175. The van der Waals surface area contributed by atoms with Gasteiger partial charge in [0.2, 0.25) is 5.88 Å². The highest BCUT2D eigenvalue weighted by molar-refractivity contribution is 5.58. The number of pyridine rings is 1. The number of ether oxygens (including phenoxy) is 2. The molecule has 1 unspecified atom stereocenters. The molecule has 1 saturated heterocycles. The Morgan fingerprint density at radius 1 is 1.38 bits per heavy atom. The average molecular weight is 223 g/mol. The summed E-state index contributed by atoms with van der Waals surface area (Å²) in [5, 5.41) is 0. The molecule has 16 heavy (non-hydrogen) atoms. The number of rotatable bonds is 3. The number of hydrogen-bond acceptors (Lipinski definition) is 5. The van der Waals surface area contributed by atoms with E-state index in [-0.39, 0.29) is 6.10 Å². The van der Waals surface area contributed by atoms with E-state index >= 15 is 0 Å². The summed E-state index contributed by atoms with van der Waals surface area (Å²) in [5.41, 5.74) is 11.6. The van der Waals surface area contributed by atoms with Gasteiger partial charge in [0.05, 0.1) is 11.8 Å². The first kappa shape index (κ1) is 11.0. The van der Waals surface area contributed by atoms with Gasteiger partial charge >= 0.3 is 0 Å². The first-order chi connectivity index (χ1) is 7.75. The maximum absolute atomic E-state index is 5.58. The van der Waals surface area contributed by atoms with E-state index in [2.05, 4.69) is 4.98 Å². The van der Waals surface area contributed by atoms with Crippen molar-refractivity contribution in [3.63, 3.8) is 0 Å². The number of nitrogen functional groups attached to an aromatic ring is 2. The zero-order valence-corrected chi connectivity index (χ0v) is 9.19. The van der Waals surface area contributed by atoms with Gasteiger partial charge in [-0.3, -0.25) is 0 Å². The molecular weight excluding hydrogens is 206 g/mol. The number of anilines is 2. The summed E-state index contributed by atoms with van der Waals surface area (Å²) < 4.78 is 11.1. The summed E-state index contributed by atoms with van der Waals surface area (Å²) in [6, 6.07) is 3.41. The third-order valence-corrected chi connectivity index (χ3v) is 2.62. The predicted molar refractivity (Wildman–Crippen MR) is 62.1 cm³/mol. The van der Waals surface area contributed by atoms with Crippen LogP contribution >= 0.6 is 0 Å². The Morgan fingerprint density at radius 3 is 2.94 bits per heavy atom. The molecule has 0 spiro atoms. The SMILES string of the molecule is Nc1ccc(OCC2CCCCO2)nc1N. The largest absolute Gasteiger partial charge is 0.475 e. The van der Waals surface area contributed by atoms with Crippen LogP contribution in [-0.4, -0.2) is 24.3 Å². The number of aromatic nitrogens is 1. The molecule has 0 aromatic carbocycles. The summed E-state index contributed by atoms with van der Waals surface area (Å²) >= 11 is 0. The molecule has 1 aliphatic rings. The van der Waals surface area contributed by atoms with Crippen molar-refractivity contribution >= 4 is 11.5 Å². The van der Waals surface area contributed by atoms with Crippen LogP contribution < -0.4 is 16.2 Å². The van der Waals surface area contributed by atoms with Crippen molar-refractivity contribution < 1.29 is 9.47 Å². The van der Waals surface area contributed by atoms with Gasteiger partial charge in [0, 0.05) is 12.7 Å². The second-order valence-electron chi connectivity index (χ2n) is 3.92. The molecule has 88 valence electrons. The Balaban J connectivity index is 1.86. The van der Waals surface area contributed by atoms with Crippen molar-refractivity contribution in [2.75, 3.05) is 24.7 Å². The van der Waals surface area contributed by atoms with Crippen molar-refractivity contribution in [3.8, 4) is 5.88 Å². The first-order valence-electron chi connectivity index (χ1n) is 5.52. The van der Waals surface area contributed by atoms with Crippen LogP contribution in [0.2, 0.25) is 0 Å². The van der Waals surface area contributed by atoms with E-state index in [1.54, 1.807) is 12.1 Å². The summed E-state index contributed by atoms with van der Waals surface area (Å²) in [7, 11) is 0. The van der Waals surface area contributed by atoms with E-state index in [4.69, 9.17) is 20.9 Å². The third kappa shape index (κ3) is 2.76. The molecule has 0 radical (unpaired) electrons. The lowest BCUT2D eigenvalue weighted by Crippen LogP contribution is -2.26. The zero-order chi connectivity index (χ0) is 11.4. The van der Waals surface area contributed by atoms with Crippen molar-refractivity contribution in [1.82, 2.24) is 4.98 Å². The number of nitrogens with zero attached hydrogens (tertiary/aromatic N) is 1. The summed E-state index contributed by atoms with van der Waals surface area (Å²) in [6.07, 6.45) is 3.56. The molecule has 1 aliphatic heterocycles. The lowest BCUT2D eigenvalue weighted by molar-refractivity contribution is -0.0119. The molecule has 4 N–H and O–H groups in total. The van der Waals surface area contributed by atoms with Gasteiger partial charge < -0.3 is 20.9 Å².